The second kappa shape index (κ2) is 10.6. The summed E-state index contributed by atoms with van der Waals surface area (Å²) in [6.45, 7) is 8.10. The summed E-state index contributed by atoms with van der Waals surface area (Å²) in [6.07, 6.45) is -2.35. The Morgan fingerprint density at radius 3 is 2.36 bits per heavy atom. The Bertz CT molecular complexity index is 534. The molecule has 0 saturated carbocycles. The van der Waals surface area contributed by atoms with Gasteiger partial charge in [-0.2, -0.15) is 0 Å². The Labute approximate surface area is 173 Å². The van der Waals surface area contributed by atoms with Crippen LogP contribution in [0.4, 0.5) is 0 Å². The van der Waals surface area contributed by atoms with Crippen molar-refractivity contribution < 1.29 is 38.0 Å². The smallest absolute Gasteiger partial charge is 0.325 e. The number of hydrogen-bond donors (Lipinski definition) is 2. The fourth-order valence-electron chi connectivity index (χ4n) is 3.38. The second-order valence-corrected chi connectivity index (χ2v) is 10.8. The van der Waals surface area contributed by atoms with Crippen molar-refractivity contribution >= 4 is 18.5 Å². The van der Waals surface area contributed by atoms with E-state index in [2.05, 4.69) is 0 Å². The highest BCUT2D eigenvalue weighted by Crippen LogP contribution is 2.48. The molecule has 28 heavy (non-hydrogen) atoms. The van der Waals surface area contributed by atoms with Gasteiger partial charge in [0.05, 0.1) is 43.7 Å². The highest BCUT2D eigenvalue weighted by molar-refractivity contribution is 8.07. The molecule has 0 spiro atoms. The summed E-state index contributed by atoms with van der Waals surface area (Å²) in [5.41, 5.74) is 0. The van der Waals surface area contributed by atoms with Crippen LogP contribution in [-0.4, -0.2) is 78.1 Å². The fraction of sp³-hybridized carbons (Fsp3) is 1.00. The maximum atomic E-state index is 10.5. The Hall–Kier alpha value is 0.330. The SMILES string of the molecule is CC(C)OC[C@H]1O[C@@H](C)C(O)[C@H]1OP(O)(=S)OC[C@H]1O[C@@H](C)CC1OC(C)C. The molecule has 0 amide bonds. The molecule has 0 radical (unpaired) electrons. The first-order valence-electron chi connectivity index (χ1n) is 9.90. The molecule has 0 aromatic carbocycles. The molecule has 0 aromatic rings. The lowest BCUT2D eigenvalue weighted by Crippen LogP contribution is -2.37. The summed E-state index contributed by atoms with van der Waals surface area (Å²) in [5, 5.41) is 10.4. The zero-order valence-corrected chi connectivity index (χ0v) is 19.2. The molecule has 2 N–H and O–H groups in total. The zero-order valence-electron chi connectivity index (χ0n) is 17.5. The molecule has 2 aliphatic rings. The van der Waals surface area contributed by atoms with Crippen molar-refractivity contribution in [2.75, 3.05) is 13.2 Å². The Morgan fingerprint density at radius 2 is 1.75 bits per heavy atom. The van der Waals surface area contributed by atoms with Gasteiger partial charge in [0.25, 0.3) is 0 Å². The highest BCUT2D eigenvalue weighted by Gasteiger charge is 2.45. The summed E-state index contributed by atoms with van der Waals surface area (Å²) in [5.74, 6) is 0. The van der Waals surface area contributed by atoms with Crippen LogP contribution in [0.25, 0.3) is 0 Å². The molecule has 8 atom stereocenters. The van der Waals surface area contributed by atoms with Crippen LogP contribution < -0.4 is 0 Å². The largest absolute Gasteiger partial charge is 0.388 e. The van der Waals surface area contributed by atoms with E-state index in [1.165, 1.54) is 0 Å². The van der Waals surface area contributed by atoms with Crippen molar-refractivity contribution in [2.24, 2.45) is 0 Å². The van der Waals surface area contributed by atoms with E-state index in [9.17, 15) is 10.00 Å². The minimum Gasteiger partial charge on any atom is -0.388 e. The summed E-state index contributed by atoms with van der Waals surface area (Å²) in [6, 6.07) is 0. The first kappa shape index (κ1) is 24.6. The Kier molecular flexibility index (Phi) is 9.29. The molecular weight excluding hydrogens is 407 g/mol. The van der Waals surface area contributed by atoms with Crippen LogP contribution in [0.1, 0.15) is 48.0 Å². The molecule has 166 valence electrons. The second-order valence-electron chi connectivity index (χ2n) is 8.03. The van der Waals surface area contributed by atoms with Gasteiger partial charge >= 0.3 is 6.72 Å². The topological polar surface area (TPSA) is 95.8 Å². The van der Waals surface area contributed by atoms with E-state index in [-0.39, 0.29) is 43.7 Å². The van der Waals surface area contributed by atoms with E-state index in [1.54, 1.807) is 6.92 Å². The predicted molar refractivity (Wildman–Crippen MR) is 108 cm³/mol. The Balaban J connectivity index is 1.93. The maximum Gasteiger partial charge on any atom is 0.325 e. The summed E-state index contributed by atoms with van der Waals surface area (Å²) in [7, 11) is 0. The molecule has 10 heteroatoms. The van der Waals surface area contributed by atoms with E-state index >= 15 is 0 Å². The number of ether oxygens (including phenoxy) is 4. The van der Waals surface area contributed by atoms with Gasteiger partial charge in [-0.05, 0) is 53.3 Å². The molecule has 2 saturated heterocycles. The fourth-order valence-corrected chi connectivity index (χ4v) is 4.83. The summed E-state index contributed by atoms with van der Waals surface area (Å²) in [4.78, 5) is 10.5. The van der Waals surface area contributed by atoms with Gasteiger partial charge in [-0.15, -0.1) is 0 Å². The van der Waals surface area contributed by atoms with E-state index in [0.29, 0.717) is 0 Å². The van der Waals surface area contributed by atoms with E-state index < -0.39 is 31.1 Å². The molecule has 8 nitrogen and oxygen atoms in total. The van der Waals surface area contributed by atoms with Gasteiger partial charge in [0.1, 0.15) is 24.4 Å². The molecule has 2 heterocycles. The van der Waals surface area contributed by atoms with Crippen molar-refractivity contribution in [3.63, 3.8) is 0 Å². The van der Waals surface area contributed by atoms with Gasteiger partial charge in [-0.25, -0.2) is 0 Å². The first-order valence-corrected chi connectivity index (χ1v) is 12.5. The highest BCUT2D eigenvalue weighted by atomic mass is 32.5. The third-order valence-electron chi connectivity index (χ3n) is 4.66. The maximum absolute atomic E-state index is 10.5. The van der Waals surface area contributed by atoms with Crippen LogP contribution in [-0.2, 0) is 39.8 Å². The molecule has 3 unspecified atom stereocenters. The number of aliphatic hydroxyl groups excluding tert-OH is 1. The van der Waals surface area contributed by atoms with Crippen molar-refractivity contribution in [3.05, 3.63) is 0 Å². The van der Waals surface area contributed by atoms with Crippen LogP contribution in [0.3, 0.4) is 0 Å². The predicted octanol–water partition coefficient (Wildman–Crippen LogP) is 2.15. The van der Waals surface area contributed by atoms with E-state index in [4.69, 9.17) is 39.8 Å². The zero-order chi connectivity index (χ0) is 21.1. The summed E-state index contributed by atoms with van der Waals surface area (Å²) >= 11 is 5.17. The third-order valence-corrected chi connectivity index (χ3v) is 6.22. The molecule has 0 bridgehead atoms. The minimum atomic E-state index is -3.62. The van der Waals surface area contributed by atoms with Gasteiger partial charge in [-0.1, -0.05) is 0 Å². The molecule has 2 aliphatic heterocycles. The number of hydrogen-bond acceptors (Lipinski definition) is 8. The molecular formula is C18H35O8PS. The van der Waals surface area contributed by atoms with Crippen LogP contribution in [0.15, 0.2) is 0 Å². The van der Waals surface area contributed by atoms with Gasteiger partial charge in [0.2, 0.25) is 0 Å². The standard InChI is InChI=1S/C18H35O8PS/c1-10(2)21-8-16-18(17(19)13(6)25-16)26-27(20,28)22-9-15-14(23-11(3)4)7-12(5)24-15/h10-19H,7-9H2,1-6H3,(H,20,28)/t12-,13-,14?,15+,16+,17?,18-,27?/m0/s1. The molecule has 2 fully saturated rings. The summed E-state index contributed by atoms with van der Waals surface area (Å²) < 4.78 is 34.1. The lowest BCUT2D eigenvalue weighted by Gasteiger charge is -2.27. The van der Waals surface area contributed by atoms with Crippen LogP contribution in [0, 0.1) is 0 Å². The third kappa shape index (κ3) is 7.23. The van der Waals surface area contributed by atoms with Crippen molar-refractivity contribution in [1.82, 2.24) is 0 Å². The van der Waals surface area contributed by atoms with Crippen LogP contribution in [0.5, 0.6) is 0 Å². The van der Waals surface area contributed by atoms with Gasteiger partial charge < -0.3 is 33.5 Å². The lowest BCUT2D eigenvalue weighted by molar-refractivity contribution is -0.0670. The van der Waals surface area contributed by atoms with E-state index in [0.717, 1.165) is 6.42 Å². The van der Waals surface area contributed by atoms with E-state index in [1.807, 2.05) is 34.6 Å². The average Bonchev–Trinajstić information content (AvgIpc) is 3.04. The molecule has 0 aromatic heterocycles. The molecule has 0 aliphatic carbocycles. The van der Waals surface area contributed by atoms with Crippen molar-refractivity contribution in [2.45, 2.75) is 103 Å². The number of aliphatic hydroxyl groups is 1. The van der Waals surface area contributed by atoms with Gasteiger partial charge in [0.15, 0.2) is 0 Å². The van der Waals surface area contributed by atoms with Crippen LogP contribution >= 0.6 is 6.72 Å². The first-order chi connectivity index (χ1) is 13.0. The van der Waals surface area contributed by atoms with Crippen molar-refractivity contribution in [3.8, 4) is 0 Å². The molecule has 2 rings (SSSR count). The number of rotatable bonds is 10. The minimum absolute atomic E-state index is 0.00475. The quantitative estimate of drug-likeness (QED) is 0.493. The normalized spacial score (nSPS) is 38.4. The van der Waals surface area contributed by atoms with Gasteiger partial charge in [0, 0.05) is 6.42 Å². The van der Waals surface area contributed by atoms with Gasteiger partial charge in [-0.3, -0.25) is 4.52 Å². The monoisotopic (exact) mass is 442 g/mol. The lowest BCUT2D eigenvalue weighted by atomic mass is 10.1. The van der Waals surface area contributed by atoms with Crippen LogP contribution in [0.2, 0.25) is 0 Å². The Morgan fingerprint density at radius 1 is 1.07 bits per heavy atom. The average molecular weight is 443 g/mol. The van der Waals surface area contributed by atoms with Crippen molar-refractivity contribution in [1.29, 1.82) is 0 Å².